The zero-order valence-corrected chi connectivity index (χ0v) is 58.8. The van der Waals surface area contributed by atoms with Gasteiger partial charge in [-0.2, -0.15) is 0 Å². The number of hydrogen-bond donors (Lipinski definition) is 3. The maximum atomic E-state index is 13.1. The molecule has 3 unspecified atom stereocenters. The van der Waals surface area contributed by atoms with E-state index in [0.29, 0.717) is 23.9 Å². The highest BCUT2D eigenvalue weighted by molar-refractivity contribution is 7.47. The molecule has 3 N–H and O–H groups in total. The van der Waals surface area contributed by atoms with Crippen LogP contribution in [0, 0.1) is 0 Å². The first kappa shape index (κ1) is 83.7. The van der Waals surface area contributed by atoms with Crippen LogP contribution in [-0.2, 0) is 18.4 Å². The van der Waals surface area contributed by atoms with E-state index in [1.165, 1.54) is 315 Å². The summed E-state index contributed by atoms with van der Waals surface area (Å²) in [5, 5.41) is 14.2. The Kier molecular flexibility index (Phi) is 66.1. The molecule has 85 heavy (non-hydrogen) atoms. The van der Waals surface area contributed by atoms with Gasteiger partial charge in [0.15, 0.2) is 0 Å². The molecule has 0 radical (unpaired) electrons. The highest BCUT2D eigenvalue weighted by Crippen LogP contribution is 2.43. The Morgan fingerprint density at radius 2 is 0.671 bits per heavy atom. The Morgan fingerprint density at radius 1 is 0.400 bits per heavy atom. The van der Waals surface area contributed by atoms with Crippen LogP contribution in [0.4, 0.5) is 0 Å². The second-order valence-corrected chi connectivity index (χ2v) is 28.8. The van der Waals surface area contributed by atoms with Gasteiger partial charge < -0.3 is 19.8 Å². The number of aliphatic hydroxyl groups is 1. The van der Waals surface area contributed by atoms with Crippen molar-refractivity contribution >= 4 is 13.7 Å². The fourth-order valence-electron chi connectivity index (χ4n) is 11.8. The summed E-state index contributed by atoms with van der Waals surface area (Å²) in [5.74, 6) is -0.136. The number of allylic oxidation sites excluding steroid dienone is 6. The number of phosphoric acid groups is 1. The summed E-state index contributed by atoms with van der Waals surface area (Å²) < 4.78 is 23.9. The molecule has 9 heteroatoms. The summed E-state index contributed by atoms with van der Waals surface area (Å²) in [4.78, 5) is 23.5. The van der Waals surface area contributed by atoms with Crippen LogP contribution in [0.15, 0.2) is 36.5 Å². The third-order valence-corrected chi connectivity index (χ3v) is 18.6. The molecular weight excluding hydrogens is 1070 g/mol. The molecule has 0 aromatic rings. The Balaban J connectivity index is 3.95. The number of amides is 1. The third kappa shape index (κ3) is 70.0. The van der Waals surface area contributed by atoms with Crippen molar-refractivity contribution in [2.24, 2.45) is 0 Å². The molecular formula is C76H150N2O6P+. The van der Waals surface area contributed by atoms with Gasteiger partial charge in [-0.05, 0) is 51.4 Å². The van der Waals surface area contributed by atoms with Gasteiger partial charge in [-0.1, -0.05) is 371 Å². The Labute approximate surface area is 531 Å². The maximum absolute atomic E-state index is 13.1. The number of quaternary nitrogens is 1. The SMILES string of the molecule is CCCCCCC/C=C\C/C=C\C/C=C\CCCCCCCCCCCCCCCCCCCCCCC(=O)NC(COP(=O)(O)OCC[N+](C)(C)C)C(O)CCCCCCCCCCCCCCCCCCCCCCCCCCCCCC. The van der Waals surface area contributed by atoms with Crippen LogP contribution in [-0.4, -0.2) is 73.4 Å². The lowest BCUT2D eigenvalue weighted by molar-refractivity contribution is -0.870. The lowest BCUT2D eigenvalue weighted by Crippen LogP contribution is -2.46. The number of unbranched alkanes of at least 4 members (excludes halogenated alkanes) is 52. The van der Waals surface area contributed by atoms with E-state index in [1.807, 2.05) is 21.1 Å². The number of carbonyl (C=O) groups is 1. The monoisotopic (exact) mass is 1220 g/mol. The molecule has 0 aliphatic carbocycles. The minimum atomic E-state index is -4.33. The first-order chi connectivity index (χ1) is 41.5. The Hall–Kier alpha value is -1.28. The van der Waals surface area contributed by atoms with Crippen LogP contribution in [0.2, 0.25) is 0 Å². The predicted octanol–water partition coefficient (Wildman–Crippen LogP) is 24.4. The molecule has 3 atom stereocenters. The van der Waals surface area contributed by atoms with Crippen LogP contribution in [0.3, 0.4) is 0 Å². The lowest BCUT2D eigenvalue weighted by Gasteiger charge is -2.26. The normalized spacial score (nSPS) is 13.7. The molecule has 0 aromatic carbocycles. The Morgan fingerprint density at radius 3 is 0.976 bits per heavy atom. The fourth-order valence-corrected chi connectivity index (χ4v) is 12.5. The smallest absolute Gasteiger partial charge is 0.391 e. The number of nitrogens with one attached hydrogen (secondary N) is 1. The quantitative estimate of drug-likeness (QED) is 0.0243. The number of carbonyl (C=O) groups excluding carboxylic acids is 1. The Bertz CT molecular complexity index is 1480. The van der Waals surface area contributed by atoms with Gasteiger partial charge in [0.2, 0.25) is 5.91 Å². The lowest BCUT2D eigenvalue weighted by atomic mass is 10.0. The molecule has 0 saturated heterocycles. The zero-order valence-electron chi connectivity index (χ0n) is 57.9. The van der Waals surface area contributed by atoms with Crippen LogP contribution in [0.5, 0.6) is 0 Å². The van der Waals surface area contributed by atoms with E-state index >= 15 is 0 Å². The number of rotatable bonds is 71. The van der Waals surface area contributed by atoms with Crippen molar-refractivity contribution in [1.82, 2.24) is 5.32 Å². The van der Waals surface area contributed by atoms with E-state index < -0.39 is 20.0 Å². The van der Waals surface area contributed by atoms with Gasteiger partial charge in [-0.3, -0.25) is 13.8 Å². The number of hydrogen-bond acceptors (Lipinski definition) is 5. The molecule has 0 aromatic heterocycles. The second kappa shape index (κ2) is 67.1. The van der Waals surface area contributed by atoms with Crippen LogP contribution >= 0.6 is 7.82 Å². The summed E-state index contributed by atoms with van der Waals surface area (Å²) in [6, 6.07) is -0.761. The number of phosphoric ester groups is 1. The minimum absolute atomic E-state index is 0.0770. The van der Waals surface area contributed by atoms with Gasteiger partial charge in [0.1, 0.15) is 13.2 Å². The van der Waals surface area contributed by atoms with Gasteiger partial charge in [0.05, 0.1) is 39.9 Å². The van der Waals surface area contributed by atoms with Crippen molar-refractivity contribution in [3.8, 4) is 0 Å². The van der Waals surface area contributed by atoms with E-state index in [9.17, 15) is 19.4 Å². The van der Waals surface area contributed by atoms with Crippen molar-refractivity contribution in [1.29, 1.82) is 0 Å². The summed E-state index contributed by atoms with van der Waals surface area (Å²) >= 11 is 0. The molecule has 0 aliphatic heterocycles. The minimum Gasteiger partial charge on any atom is -0.391 e. The van der Waals surface area contributed by atoms with Gasteiger partial charge in [0.25, 0.3) is 0 Å². The molecule has 1 amide bonds. The summed E-state index contributed by atoms with van der Waals surface area (Å²) in [5.41, 5.74) is 0. The average Bonchev–Trinajstić information content (AvgIpc) is 3.48. The number of likely N-dealkylation sites (N-methyl/N-ethyl adjacent to an activating group) is 1. The fraction of sp³-hybridized carbons (Fsp3) is 0.908. The standard InChI is InChI=1S/C76H149N2O6P/c1-6-8-10-12-14-16-18-20-22-24-26-28-30-32-34-36-37-38-39-40-41-42-44-46-48-50-52-54-56-58-60-62-64-66-68-70-76(80)77-74(73-84-85(81,82)83-72-71-78(3,4)5)75(79)69-67-65-63-61-59-57-55-53-51-49-47-45-43-35-33-31-29-27-25-23-21-19-17-15-13-11-9-7-2/h18,20,24,26,30,32,74-75,79H,6-17,19,21-23,25,27-29,31,33-73H2,1-5H3,(H-,77,80,81,82)/p+1/b20-18-,26-24-,32-30-. The third-order valence-electron chi connectivity index (χ3n) is 17.6. The van der Waals surface area contributed by atoms with Crippen molar-refractivity contribution in [3.05, 3.63) is 36.5 Å². The second-order valence-electron chi connectivity index (χ2n) is 27.4. The van der Waals surface area contributed by atoms with E-state index in [4.69, 9.17) is 9.05 Å². The number of aliphatic hydroxyl groups excluding tert-OH is 1. The van der Waals surface area contributed by atoms with Crippen LogP contribution in [0.25, 0.3) is 0 Å². The maximum Gasteiger partial charge on any atom is 0.472 e. The molecule has 0 rings (SSSR count). The molecule has 0 fully saturated rings. The first-order valence-corrected chi connectivity index (χ1v) is 39.3. The summed E-state index contributed by atoms with van der Waals surface area (Å²) in [7, 11) is 1.64. The zero-order chi connectivity index (χ0) is 61.9. The van der Waals surface area contributed by atoms with Crippen LogP contribution in [0.1, 0.15) is 393 Å². The highest BCUT2D eigenvalue weighted by atomic mass is 31.2. The summed E-state index contributed by atoms with van der Waals surface area (Å²) in [6.07, 6.45) is 89.8. The highest BCUT2D eigenvalue weighted by Gasteiger charge is 2.28. The van der Waals surface area contributed by atoms with Gasteiger partial charge in [0, 0.05) is 6.42 Å². The molecule has 8 nitrogen and oxygen atoms in total. The van der Waals surface area contributed by atoms with E-state index in [0.717, 1.165) is 51.4 Å². The average molecular weight is 1220 g/mol. The molecule has 0 heterocycles. The first-order valence-electron chi connectivity index (χ1n) is 37.9. The molecule has 0 bridgehead atoms. The molecule has 0 saturated carbocycles. The van der Waals surface area contributed by atoms with Crippen molar-refractivity contribution in [3.63, 3.8) is 0 Å². The molecule has 504 valence electrons. The topological polar surface area (TPSA) is 105 Å². The van der Waals surface area contributed by atoms with E-state index in [1.54, 1.807) is 0 Å². The van der Waals surface area contributed by atoms with Crippen molar-refractivity contribution in [2.75, 3.05) is 40.9 Å². The van der Waals surface area contributed by atoms with Crippen molar-refractivity contribution in [2.45, 2.75) is 405 Å². The molecule has 0 spiro atoms. The van der Waals surface area contributed by atoms with Crippen LogP contribution < -0.4 is 5.32 Å². The predicted molar refractivity (Wildman–Crippen MR) is 374 cm³/mol. The van der Waals surface area contributed by atoms with Gasteiger partial charge in [-0.15, -0.1) is 0 Å². The number of nitrogens with zero attached hydrogens (tertiary/aromatic N) is 1. The largest absolute Gasteiger partial charge is 0.472 e. The van der Waals surface area contributed by atoms with Gasteiger partial charge in [-0.25, -0.2) is 4.57 Å². The molecule has 0 aliphatic rings. The van der Waals surface area contributed by atoms with E-state index in [-0.39, 0.29) is 19.1 Å². The van der Waals surface area contributed by atoms with E-state index in [2.05, 4.69) is 55.6 Å². The summed E-state index contributed by atoms with van der Waals surface area (Å²) in [6.45, 7) is 4.94. The van der Waals surface area contributed by atoms with Crippen molar-refractivity contribution < 1.29 is 32.9 Å². The van der Waals surface area contributed by atoms with Gasteiger partial charge >= 0.3 is 7.82 Å².